The smallest absolute Gasteiger partial charge is 0.344 e. The maximum absolute atomic E-state index is 11.3. The lowest BCUT2D eigenvalue weighted by Gasteiger charge is -2.05. The number of nitrogens with zero attached hydrogens (tertiary/aromatic N) is 2. The van der Waals surface area contributed by atoms with E-state index in [1.54, 1.807) is 0 Å². The van der Waals surface area contributed by atoms with Crippen LogP contribution in [0.2, 0.25) is 0 Å². The van der Waals surface area contributed by atoms with Crippen LogP contribution in [0.5, 0.6) is 5.88 Å². The number of nitriles is 1. The third-order valence-corrected chi connectivity index (χ3v) is 1.62. The summed E-state index contributed by atoms with van der Waals surface area (Å²) in [6, 6.07) is 3.29. The summed E-state index contributed by atoms with van der Waals surface area (Å²) in [5.41, 5.74) is 0.240. The molecule has 5 nitrogen and oxygen atoms in total. The highest BCUT2D eigenvalue weighted by Crippen LogP contribution is 2.19. The van der Waals surface area contributed by atoms with Crippen LogP contribution in [0, 0.1) is 11.3 Å². The lowest BCUT2D eigenvalue weighted by molar-refractivity contribution is 0.0596. The molecule has 0 saturated carbocycles. The fraction of sp³-hybridized carbons (Fsp3) is 0.222. The SMILES string of the molecule is COC(=O)c1c(C#N)ccnc1OC. The number of pyridine rings is 1. The van der Waals surface area contributed by atoms with Crippen LogP contribution < -0.4 is 4.74 Å². The Hall–Kier alpha value is -2.09. The predicted molar refractivity (Wildman–Crippen MR) is 46.8 cm³/mol. The first-order valence-electron chi connectivity index (χ1n) is 3.76. The third kappa shape index (κ3) is 1.64. The van der Waals surface area contributed by atoms with E-state index in [0.717, 1.165) is 0 Å². The highest BCUT2D eigenvalue weighted by Gasteiger charge is 2.18. The number of ether oxygens (including phenoxy) is 2. The molecule has 72 valence electrons. The topological polar surface area (TPSA) is 72.2 Å². The number of carbonyl (C=O) groups excluding carboxylic acids is 1. The van der Waals surface area contributed by atoms with Gasteiger partial charge in [0.2, 0.25) is 5.88 Å². The summed E-state index contributed by atoms with van der Waals surface area (Å²) >= 11 is 0. The molecule has 0 spiro atoms. The zero-order valence-electron chi connectivity index (χ0n) is 7.77. The molecule has 1 aromatic rings. The molecule has 0 aliphatic rings. The number of rotatable bonds is 2. The molecule has 0 unspecified atom stereocenters. The minimum Gasteiger partial charge on any atom is -0.480 e. The van der Waals surface area contributed by atoms with Crippen LogP contribution in [0.3, 0.4) is 0 Å². The molecule has 0 amide bonds. The summed E-state index contributed by atoms with van der Waals surface area (Å²) in [5.74, 6) is -0.539. The molecule has 0 bridgehead atoms. The quantitative estimate of drug-likeness (QED) is 0.646. The minimum atomic E-state index is -0.633. The fourth-order valence-corrected chi connectivity index (χ4v) is 0.990. The molecule has 0 fully saturated rings. The first-order valence-corrected chi connectivity index (χ1v) is 3.76. The maximum Gasteiger partial charge on any atom is 0.344 e. The van der Waals surface area contributed by atoms with E-state index in [1.165, 1.54) is 26.5 Å². The van der Waals surface area contributed by atoms with Gasteiger partial charge in [0.15, 0.2) is 0 Å². The van der Waals surface area contributed by atoms with Gasteiger partial charge in [0.25, 0.3) is 0 Å². The fourth-order valence-electron chi connectivity index (χ4n) is 0.990. The number of hydrogen-bond acceptors (Lipinski definition) is 5. The van der Waals surface area contributed by atoms with E-state index in [1.807, 2.05) is 6.07 Å². The molecule has 0 aromatic carbocycles. The number of hydrogen-bond donors (Lipinski definition) is 0. The molecule has 1 rings (SSSR count). The zero-order valence-corrected chi connectivity index (χ0v) is 7.77. The zero-order chi connectivity index (χ0) is 10.6. The van der Waals surface area contributed by atoms with Crippen LogP contribution >= 0.6 is 0 Å². The van der Waals surface area contributed by atoms with E-state index in [2.05, 4.69) is 9.72 Å². The average molecular weight is 192 g/mol. The van der Waals surface area contributed by atoms with Gasteiger partial charge >= 0.3 is 5.97 Å². The summed E-state index contributed by atoms with van der Waals surface area (Å²) in [5, 5.41) is 8.74. The Balaban J connectivity index is 3.35. The Morgan fingerprint density at radius 3 is 2.79 bits per heavy atom. The summed E-state index contributed by atoms with van der Waals surface area (Å²) in [6.07, 6.45) is 1.39. The van der Waals surface area contributed by atoms with E-state index >= 15 is 0 Å². The maximum atomic E-state index is 11.3. The predicted octanol–water partition coefficient (Wildman–Crippen LogP) is 0.748. The van der Waals surface area contributed by atoms with Crippen LogP contribution in [-0.2, 0) is 4.74 Å². The number of esters is 1. The van der Waals surface area contributed by atoms with Gasteiger partial charge in [-0.25, -0.2) is 9.78 Å². The van der Waals surface area contributed by atoms with E-state index in [4.69, 9.17) is 10.00 Å². The minimum absolute atomic E-state index is 0.0556. The number of aromatic nitrogens is 1. The molecule has 1 heterocycles. The van der Waals surface area contributed by atoms with Crippen molar-refractivity contribution < 1.29 is 14.3 Å². The van der Waals surface area contributed by atoms with E-state index in [9.17, 15) is 4.79 Å². The van der Waals surface area contributed by atoms with Crippen molar-refractivity contribution in [3.63, 3.8) is 0 Å². The lowest BCUT2D eigenvalue weighted by atomic mass is 10.1. The van der Waals surface area contributed by atoms with Crippen molar-refractivity contribution >= 4 is 5.97 Å². The van der Waals surface area contributed by atoms with Gasteiger partial charge in [-0.3, -0.25) is 0 Å². The Morgan fingerprint density at radius 1 is 1.57 bits per heavy atom. The van der Waals surface area contributed by atoms with Crippen molar-refractivity contribution in [1.29, 1.82) is 5.26 Å². The van der Waals surface area contributed by atoms with Gasteiger partial charge in [-0.15, -0.1) is 0 Å². The second kappa shape index (κ2) is 4.23. The van der Waals surface area contributed by atoms with Crippen molar-refractivity contribution in [2.45, 2.75) is 0 Å². The molecule has 0 radical (unpaired) electrons. The number of methoxy groups -OCH3 is 2. The third-order valence-electron chi connectivity index (χ3n) is 1.62. The molecule has 5 heteroatoms. The van der Waals surface area contributed by atoms with Gasteiger partial charge in [0.05, 0.1) is 19.8 Å². The molecule has 14 heavy (non-hydrogen) atoms. The first-order chi connectivity index (χ1) is 6.74. The van der Waals surface area contributed by atoms with Crippen molar-refractivity contribution in [1.82, 2.24) is 4.98 Å². The second-order valence-electron chi connectivity index (χ2n) is 2.35. The Bertz CT molecular complexity index is 396. The largest absolute Gasteiger partial charge is 0.480 e. The van der Waals surface area contributed by atoms with E-state index < -0.39 is 5.97 Å². The van der Waals surface area contributed by atoms with Crippen LogP contribution in [0.15, 0.2) is 12.3 Å². The molecule has 0 N–H and O–H groups in total. The summed E-state index contributed by atoms with van der Waals surface area (Å²) < 4.78 is 9.36. The summed E-state index contributed by atoms with van der Waals surface area (Å²) in [6.45, 7) is 0. The normalized spacial score (nSPS) is 8.93. The lowest BCUT2D eigenvalue weighted by Crippen LogP contribution is -2.08. The summed E-state index contributed by atoms with van der Waals surface area (Å²) in [7, 11) is 2.60. The standard InChI is InChI=1S/C9H8N2O3/c1-13-8-7(9(12)14-2)6(5-10)3-4-11-8/h3-4H,1-2H3. The van der Waals surface area contributed by atoms with Gasteiger partial charge in [-0.05, 0) is 6.07 Å². The van der Waals surface area contributed by atoms with Gasteiger partial charge < -0.3 is 9.47 Å². The second-order valence-corrected chi connectivity index (χ2v) is 2.35. The van der Waals surface area contributed by atoms with Crippen molar-refractivity contribution in [3.05, 3.63) is 23.4 Å². The van der Waals surface area contributed by atoms with Crippen LogP contribution in [0.1, 0.15) is 15.9 Å². The highest BCUT2D eigenvalue weighted by atomic mass is 16.5. The van der Waals surface area contributed by atoms with Gasteiger partial charge in [0, 0.05) is 6.20 Å². The molecular formula is C9H8N2O3. The molecule has 0 aliphatic heterocycles. The first kappa shape index (κ1) is 9.99. The van der Waals surface area contributed by atoms with Crippen LogP contribution in [-0.4, -0.2) is 25.2 Å². The molecule has 0 aliphatic carbocycles. The molecule has 1 aromatic heterocycles. The number of carbonyl (C=O) groups is 1. The van der Waals surface area contributed by atoms with Crippen LogP contribution in [0.4, 0.5) is 0 Å². The Labute approximate surface area is 80.9 Å². The van der Waals surface area contributed by atoms with Crippen LogP contribution in [0.25, 0.3) is 0 Å². The van der Waals surface area contributed by atoms with Crippen molar-refractivity contribution in [3.8, 4) is 11.9 Å². The Kier molecular flexibility index (Phi) is 3.02. The molecular weight excluding hydrogens is 184 g/mol. The summed E-state index contributed by atoms with van der Waals surface area (Å²) in [4.78, 5) is 15.1. The van der Waals surface area contributed by atoms with Gasteiger partial charge in [-0.2, -0.15) is 5.26 Å². The van der Waals surface area contributed by atoms with E-state index in [-0.39, 0.29) is 17.0 Å². The Morgan fingerprint density at radius 2 is 2.29 bits per heavy atom. The monoisotopic (exact) mass is 192 g/mol. The molecule has 0 atom stereocenters. The van der Waals surface area contributed by atoms with Crippen molar-refractivity contribution in [2.24, 2.45) is 0 Å². The van der Waals surface area contributed by atoms with Gasteiger partial charge in [0.1, 0.15) is 11.6 Å². The van der Waals surface area contributed by atoms with Gasteiger partial charge in [-0.1, -0.05) is 0 Å². The average Bonchev–Trinajstić information content (AvgIpc) is 2.26. The van der Waals surface area contributed by atoms with Crippen molar-refractivity contribution in [2.75, 3.05) is 14.2 Å². The van der Waals surface area contributed by atoms with E-state index in [0.29, 0.717) is 0 Å². The highest BCUT2D eigenvalue weighted by molar-refractivity contribution is 5.94. The molecule has 0 saturated heterocycles.